The van der Waals surface area contributed by atoms with Crippen molar-refractivity contribution >= 4 is 37.5 Å². The lowest BCUT2D eigenvalue weighted by atomic mass is 9.92. The minimum atomic E-state index is -1.34. The Morgan fingerprint density at radius 3 is 0.947 bits per heavy atom. The molecule has 0 saturated heterocycles. The van der Waals surface area contributed by atoms with E-state index in [0.29, 0.717) is 42.6 Å². The van der Waals surface area contributed by atoms with Gasteiger partial charge in [0.05, 0.1) is 24.3 Å². The Morgan fingerprint density at radius 1 is 0.333 bits per heavy atom. The Bertz CT molecular complexity index is 2280. The molecule has 0 amide bonds. The number of ether oxygens (including phenoxy) is 2. The molecule has 0 N–H and O–H groups in total. The topological polar surface area (TPSA) is 36.9 Å². The van der Waals surface area contributed by atoms with Crippen LogP contribution in [0.4, 0.5) is 0 Å². The van der Waals surface area contributed by atoms with Crippen molar-refractivity contribution in [3.8, 4) is 56.4 Å². The van der Waals surface area contributed by atoms with E-state index in [1.165, 1.54) is 0 Å². The normalized spacial score (nSPS) is 12.2. The molecule has 1 aliphatic heterocycles. The first-order valence-electron chi connectivity index (χ1n) is 19.2. The van der Waals surface area contributed by atoms with E-state index in [1.54, 1.807) is 0 Å². The molecule has 278 valence electrons. The molecular weight excluding hydrogens is 739 g/mol. The number of fused-ring (bicyclic) bond motifs is 3. The van der Waals surface area contributed by atoms with Crippen LogP contribution < -0.4 is 39.7 Å². The van der Waals surface area contributed by atoms with Crippen LogP contribution >= 0.6 is 16.3 Å². The smallest absolute Gasteiger partial charge is 0.150 e. The van der Waals surface area contributed by atoms with E-state index in [4.69, 9.17) is 18.5 Å². The molecule has 0 saturated carbocycles. The van der Waals surface area contributed by atoms with E-state index >= 15 is 0 Å². The average Bonchev–Trinajstić information content (AvgIpc) is 3.38. The third kappa shape index (κ3) is 7.94. The molecular formula is C51H40O4P2. The van der Waals surface area contributed by atoms with Crippen molar-refractivity contribution in [1.29, 1.82) is 0 Å². The molecule has 6 heteroatoms. The van der Waals surface area contributed by atoms with Crippen molar-refractivity contribution in [1.82, 2.24) is 0 Å². The molecule has 0 unspecified atom stereocenters. The first kappa shape index (κ1) is 36.5. The van der Waals surface area contributed by atoms with Gasteiger partial charge in [0, 0.05) is 38.8 Å². The van der Waals surface area contributed by atoms with Crippen molar-refractivity contribution in [2.24, 2.45) is 0 Å². The van der Waals surface area contributed by atoms with Gasteiger partial charge in [-0.25, -0.2) is 0 Å². The maximum absolute atomic E-state index is 7.62. The summed E-state index contributed by atoms with van der Waals surface area (Å²) in [5.41, 5.74) is 5.57. The first-order valence-corrected chi connectivity index (χ1v) is 21.7. The summed E-state index contributed by atoms with van der Waals surface area (Å²) in [6.45, 7) is 0.972. The number of hydrogen-bond acceptors (Lipinski definition) is 4. The fourth-order valence-corrected chi connectivity index (χ4v) is 10.6. The van der Waals surface area contributed by atoms with Crippen LogP contribution in [0, 0.1) is 0 Å². The molecule has 0 fully saturated rings. The van der Waals surface area contributed by atoms with Crippen LogP contribution in [-0.4, -0.2) is 13.2 Å². The van der Waals surface area contributed by atoms with Gasteiger partial charge in [-0.1, -0.05) is 182 Å². The van der Waals surface area contributed by atoms with Crippen LogP contribution in [-0.2, 0) is 0 Å². The van der Waals surface area contributed by atoms with Gasteiger partial charge in [0.2, 0.25) is 0 Å². The van der Waals surface area contributed by atoms with Crippen molar-refractivity contribution in [2.75, 3.05) is 13.2 Å². The summed E-state index contributed by atoms with van der Waals surface area (Å²) in [6.07, 6.45) is 0.716. The molecule has 0 bridgehead atoms. The van der Waals surface area contributed by atoms with Crippen LogP contribution in [0.25, 0.3) is 33.4 Å². The standard InChI is InChI=1S/C51H40O4P2/c1-7-20-38(21-8-1)44-32-34-46-48(50(44)54-56(40-24-11-3-12-25-40)41-26-13-4-14-27-41)49-47(53-37-19-36-52-46)35-33-45(39-22-9-2-10-23-39)51(49)55-57(42-28-15-5-16-29-42)43-30-17-6-18-31-43/h1-18,20-35H,19,36-37H2. The second kappa shape index (κ2) is 17.3. The molecule has 0 aromatic heterocycles. The monoisotopic (exact) mass is 778 g/mol. The van der Waals surface area contributed by atoms with Crippen molar-refractivity contribution < 1.29 is 18.5 Å². The molecule has 0 atom stereocenters. The lowest BCUT2D eigenvalue weighted by Gasteiger charge is -2.28. The third-order valence-electron chi connectivity index (χ3n) is 9.79. The zero-order valence-corrected chi connectivity index (χ0v) is 33.1. The molecule has 8 aromatic carbocycles. The average molecular weight is 779 g/mol. The van der Waals surface area contributed by atoms with Gasteiger partial charge >= 0.3 is 0 Å². The highest BCUT2D eigenvalue weighted by Crippen LogP contribution is 2.58. The lowest BCUT2D eigenvalue weighted by Crippen LogP contribution is -2.17. The van der Waals surface area contributed by atoms with Crippen LogP contribution in [0.5, 0.6) is 23.0 Å². The SMILES string of the molecule is c1ccc(-c2ccc3c(c2OP(c2ccccc2)c2ccccc2)-c2c(ccc(-c4ccccc4)c2OP(c2ccccc2)c2ccccc2)OCCCO3)cc1. The summed E-state index contributed by atoms with van der Waals surface area (Å²) >= 11 is 0. The molecule has 1 heterocycles. The molecule has 1 aliphatic rings. The molecule has 8 aromatic rings. The van der Waals surface area contributed by atoms with Gasteiger partial charge in [-0.2, -0.15) is 0 Å². The summed E-state index contributed by atoms with van der Waals surface area (Å²) in [6, 6.07) is 71.4. The van der Waals surface area contributed by atoms with Crippen molar-refractivity contribution in [3.05, 3.63) is 206 Å². The minimum Gasteiger partial charge on any atom is -0.493 e. The van der Waals surface area contributed by atoms with Crippen LogP contribution in [0.2, 0.25) is 0 Å². The molecule has 9 rings (SSSR count). The summed E-state index contributed by atoms with van der Waals surface area (Å²) in [5.74, 6) is 2.85. The lowest BCUT2D eigenvalue weighted by molar-refractivity contribution is 0.252. The Morgan fingerprint density at radius 2 is 0.632 bits per heavy atom. The van der Waals surface area contributed by atoms with Gasteiger partial charge in [0.15, 0.2) is 16.3 Å². The van der Waals surface area contributed by atoms with Crippen LogP contribution in [0.15, 0.2) is 206 Å². The van der Waals surface area contributed by atoms with Gasteiger partial charge < -0.3 is 18.5 Å². The van der Waals surface area contributed by atoms with E-state index in [0.717, 1.165) is 54.6 Å². The predicted molar refractivity (Wildman–Crippen MR) is 238 cm³/mol. The fourth-order valence-electron chi connectivity index (χ4n) is 7.09. The van der Waals surface area contributed by atoms with Crippen molar-refractivity contribution in [3.63, 3.8) is 0 Å². The number of rotatable bonds is 10. The van der Waals surface area contributed by atoms with Gasteiger partial charge in [-0.3, -0.25) is 0 Å². The minimum absolute atomic E-state index is 0.486. The number of hydrogen-bond donors (Lipinski definition) is 0. The highest BCUT2D eigenvalue weighted by atomic mass is 31.1. The van der Waals surface area contributed by atoms with Gasteiger partial charge in [0.25, 0.3) is 0 Å². The highest BCUT2D eigenvalue weighted by Gasteiger charge is 2.32. The number of benzene rings is 8. The molecule has 0 radical (unpaired) electrons. The van der Waals surface area contributed by atoms with Gasteiger partial charge in [-0.15, -0.1) is 0 Å². The second-order valence-corrected chi connectivity index (χ2v) is 17.1. The Labute approximate surface area is 337 Å². The van der Waals surface area contributed by atoms with Crippen LogP contribution in [0.3, 0.4) is 0 Å². The largest absolute Gasteiger partial charge is 0.493 e. The summed E-state index contributed by atoms with van der Waals surface area (Å²) in [7, 11) is -2.69. The van der Waals surface area contributed by atoms with Crippen LogP contribution in [0.1, 0.15) is 6.42 Å². The van der Waals surface area contributed by atoms with E-state index in [9.17, 15) is 0 Å². The van der Waals surface area contributed by atoms with E-state index in [1.807, 2.05) is 36.4 Å². The Balaban J connectivity index is 1.37. The summed E-state index contributed by atoms with van der Waals surface area (Å²) in [5, 5.41) is 4.40. The quantitative estimate of drug-likeness (QED) is 0.130. The first-order chi connectivity index (χ1) is 28.3. The van der Waals surface area contributed by atoms with Gasteiger partial charge in [-0.05, 0) is 35.4 Å². The summed E-state index contributed by atoms with van der Waals surface area (Å²) < 4.78 is 28.8. The maximum Gasteiger partial charge on any atom is 0.150 e. The molecule has 4 nitrogen and oxygen atoms in total. The third-order valence-corrected chi connectivity index (χ3v) is 13.6. The van der Waals surface area contributed by atoms with E-state index in [2.05, 4.69) is 170 Å². The molecule has 0 spiro atoms. The zero-order chi connectivity index (χ0) is 38.2. The predicted octanol–water partition coefficient (Wildman–Crippen LogP) is 11.7. The highest BCUT2D eigenvalue weighted by molar-refractivity contribution is 7.69. The van der Waals surface area contributed by atoms with Crippen molar-refractivity contribution in [2.45, 2.75) is 6.42 Å². The maximum atomic E-state index is 7.62. The fraction of sp³-hybridized carbons (Fsp3) is 0.0588. The Hall–Kier alpha value is -6.18. The Kier molecular flexibility index (Phi) is 11.1. The summed E-state index contributed by atoms with van der Waals surface area (Å²) in [4.78, 5) is 0. The molecule has 0 aliphatic carbocycles. The second-order valence-electron chi connectivity index (χ2n) is 13.5. The zero-order valence-electron chi connectivity index (χ0n) is 31.3. The molecule has 57 heavy (non-hydrogen) atoms. The van der Waals surface area contributed by atoms with Gasteiger partial charge in [0.1, 0.15) is 23.0 Å². The van der Waals surface area contributed by atoms with E-state index < -0.39 is 16.3 Å². The van der Waals surface area contributed by atoms with E-state index in [-0.39, 0.29) is 0 Å².